The number of halogens is 1. The zero-order valence-corrected chi connectivity index (χ0v) is 11.4. The van der Waals surface area contributed by atoms with Crippen LogP contribution in [-0.2, 0) is 6.54 Å². The second-order valence-electron chi connectivity index (χ2n) is 5.10. The van der Waals surface area contributed by atoms with Crippen LogP contribution in [0.25, 0.3) is 0 Å². The van der Waals surface area contributed by atoms with Crippen LogP contribution < -0.4 is 10.2 Å². The quantitative estimate of drug-likeness (QED) is 0.807. The van der Waals surface area contributed by atoms with Crippen molar-refractivity contribution in [2.45, 2.75) is 45.7 Å². The van der Waals surface area contributed by atoms with Gasteiger partial charge in [0.25, 0.3) is 0 Å². The van der Waals surface area contributed by atoms with E-state index in [1.165, 1.54) is 12.8 Å². The number of hydrogen-bond acceptors (Lipinski definition) is 2. The fourth-order valence-electron chi connectivity index (χ4n) is 2.67. The highest BCUT2D eigenvalue weighted by atomic mass is 19.1. The van der Waals surface area contributed by atoms with Crippen LogP contribution in [0.5, 0.6) is 0 Å². The van der Waals surface area contributed by atoms with Gasteiger partial charge in [0.15, 0.2) is 0 Å². The molecule has 1 aliphatic rings. The first-order valence-electron chi connectivity index (χ1n) is 6.98. The molecule has 0 saturated carbocycles. The molecule has 1 N–H and O–H groups in total. The molecule has 0 bridgehead atoms. The van der Waals surface area contributed by atoms with Crippen molar-refractivity contribution in [1.82, 2.24) is 5.32 Å². The lowest BCUT2D eigenvalue weighted by Crippen LogP contribution is -2.28. The third kappa shape index (κ3) is 2.83. The number of anilines is 1. The average Bonchev–Trinajstić information content (AvgIpc) is 2.78. The first kappa shape index (κ1) is 13.3. The minimum Gasteiger partial charge on any atom is -0.368 e. The van der Waals surface area contributed by atoms with E-state index in [2.05, 4.69) is 24.1 Å². The van der Waals surface area contributed by atoms with Crippen LogP contribution in [0.1, 0.15) is 38.7 Å². The molecule has 0 aromatic heterocycles. The first-order valence-corrected chi connectivity index (χ1v) is 6.98. The van der Waals surface area contributed by atoms with E-state index in [1.54, 1.807) is 6.07 Å². The summed E-state index contributed by atoms with van der Waals surface area (Å²) in [7, 11) is 0. The molecule has 100 valence electrons. The summed E-state index contributed by atoms with van der Waals surface area (Å²) in [6, 6.07) is 5.96. The van der Waals surface area contributed by atoms with Gasteiger partial charge in [0.05, 0.1) is 0 Å². The predicted octanol–water partition coefficient (Wildman–Crippen LogP) is 3.31. The topological polar surface area (TPSA) is 15.3 Å². The van der Waals surface area contributed by atoms with Gasteiger partial charge in [-0.3, -0.25) is 0 Å². The summed E-state index contributed by atoms with van der Waals surface area (Å²) in [6.45, 7) is 6.95. The van der Waals surface area contributed by atoms with Gasteiger partial charge in [-0.15, -0.1) is 0 Å². The predicted molar refractivity (Wildman–Crippen MR) is 74.4 cm³/mol. The molecule has 0 aliphatic carbocycles. The van der Waals surface area contributed by atoms with Crippen molar-refractivity contribution < 1.29 is 4.39 Å². The highest BCUT2D eigenvalue weighted by Crippen LogP contribution is 2.29. The number of benzene rings is 1. The maximum Gasteiger partial charge on any atom is 0.129 e. The smallest absolute Gasteiger partial charge is 0.129 e. The Kier molecular flexibility index (Phi) is 4.59. The van der Waals surface area contributed by atoms with Gasteiger partial charge in [-0.05, 0) is 44.9 Å². The second kappa shape index (κ2) is 6.19. The van der Waals surface area contributed by atoms with E-state index in [9.17, 15) is 4.39 Å². The summed E-state index contributed by atoms with van der Waals surface area (Å²) in [6.07, 6.45) is 3.49. The van der Waals surface area contributed by atoms with Crippen LogP contribution in [0.4, 0.5) is 10.1 Å². The standard InChI is InChI=1S/C15H23FN2/c1-3-9-17-11-13-14(16)7-4-8-15(13)18-10-5-6-12(18)2/h4,7-8,12,17H,3,5-6,9-11H2,1-2H3. The Morgan fingerprint density at radius 1 is 1.44 bits per heavy atom. The fraction of sp³-hybridized carbons (Fsp3) is 0.600. The van der Waals surface area contributed by atoms with E-state index >= 15 is 0 Å². The molecule has 0 amide bonds. The van der Waals surface area contributed by atoms with Crippen molar-refractivity contribution in [3.63, 3.8) is 0 Å². The van der Waals surface area contributed by atoms with E-state index in [0.717, 1.165) is 30.8 Å². The molecule has 1 saturated heterocycles. The minimum absolute atomic E-state index is 0.0878. The second-order valence-corrected chi connectivity index (χ2v) is 5.10. The molecule has 2 rings (SSSR count). The Bertz CT molecular complexity index is 392. The normalized spacial score (nSPS) is 19.5. The zero-order chi connectivity index (χ0) is 13.0. The van der Waals surface area contributed by atoms with Crippen LogP contribution in [0.3, 0.4) is 0 Å². The number of hydrogen-bond donors (Lipinski definition) is 1. The molecule has 3 heteroatoms. The van der Waals surface area contributed by atoms with Crippen LogP contribution >= 0.6 is 0 Å². The van der Waals surface area contributed by atoms with Crippen LogP contribution in [-0.4, -0.2) is 19.1 Å². The van der Waals surface area contributed by atoms with Gasteiger partial charge in [0, 0.05) is 30.4 Å². The summed E-state index contributed by atoms with van der Waals surface area (Å²) in [5.41, 5.74) is 1.89. The van der Waals surface area contributed by atoms with Crippen LogP contribution in [0, 0.1) is 5.82 Å². The summed E-state index contributed by atoms with van der Waals surface area (Å²) < 4.78 is 14.0. The molecule has 2 nitrogen and oxygen atoms in total. The zero-order valence-electron chi connectivity index (χ0n) is 11.4. The van der Waals surface area contributed by atoms with Crippen molar-refractivity contribution >= 4 is 5.69 Å². The Balaban J connectivity index is 2.20. The molecule has 1 fully saturated rings. The highest BCUT2D eigenvalue weighted by molar-refractivity contribution is 5.55. The number of nitrogens with one attached hydrogen (secondary N) is 1. The monoisotopic (exact) mass is 250 g/mol. The molecular formula is C15H23FN2. The summed E-state index contributed by atoms with van der Waals surface area (Å²) in [5.74, 6) is -0.0878. The van der Waals surface area contributed by atoms with Gasteiger partial charge in [0.1, 0.15) is 5.82 Å². The lowest BCUT2D eigenvalue weighted by molar-refractivity contribution is 0.583. The third-order valence-corrected chi connectivity index (χ3v) is 3.69. The molecule has 18 heavy (non-hydrogen) atoms. The fourth-order valence-corrected chi connectivity index (χ4v) is 2.67. The lowest BCUT2D eigenvalue weighted by atomic mass is 10.1. The van der Waals surface area contributed by atoms with Crippen molar-refractivity contribution in [2.24, 2.45) is 0 Å². The maximum atomic E-state index is 14.0. The Morgan fingerprint density at radius 2 is 2.28 bits per heavy atom. The molecular weight excluding hydrogens is 227 g/mol. The van der Waals surface area contributed by atoms with Crippen molar-refractivity contribution in [3.05, 3.63) is 29.6 Å². The molecule has 0 spiro atoms. The first-order chi connectivity index (χ1) is 8.74. The van der Waals surface area contributed by atoms with E-state index in [0.29, 0.717) is 12.6 Å². The van der Waals surface area contributed by atoms with Gasteiger partial charge in [-0.2, -0.15) is 0 Å². The van der Waals surface area contributed by atoms with Gasteiger partial charge in [-0.25, -0.2) is 4.39 Å². The van der Waals surface area contributed by atoms with Gasteiger partial charge < -0.3 is 10.2 Å². The number of rotatable bonds is 5. The molecule has 1 unspecified atom stereocenters. The highest BCUT2D eigenvalue weighted by Gasteiger charge is 2.23. The minimum atomic E-state index is -0.0878. The van der Waals surface area contributed by atoms with E-state index in [-0.39, 0.29) is 5.82 Å². The molecule has 0 radical (unpaired) electrons. The van der Waals surface area contributed by atoms with Crippen molar-refractivity contribution in [3.8, 4) is 0 Å². The average molecular weight is 250 g/mol. The van der Waals surface area contributed by atoms with Gasteiger partial charge in [-0.1, -0.05) is 13.0 Å². The summed E-state index contributed by atoms with van der Waals surface area (Å²) in [4.78, 5) is 2.34. The Morgan fingerprint density at radius 3 is 2.94 bits per heavy atom. The van der Waals surface area contributed by atoms with E-state index < -0.39 is 0 Å². The molecule has 1 heterocycles. The van der Waals surface area contributed by atoms with Gasteiger partial charge >= 0.3 is 0 Å². The largest absolute Gasteiger partial charge is 0.368 e. The van der Waals surface area contributed by atoms with E-state index in [4.69, 9.17) is 0 Å². The molecule has 1 aromatic rings. The molecule has 1 aliphatic heterocycles. The van der Waals surface area contributed by atoms with Crippen LogP contribution in [0.15, 0.2) is 18.2 Å². The van der Waals surface area contributed by atoms with Gasteiger partial charge in [0.2, 0.25) is 0 Å². The van der Waals surface area contributed by atoms with Crippen molar-refractivity contribution in [1.29, 1.82) is 0 Å². The lowest BCUT2D eigenvalue weighted by Gasteiger charge is -2.26. The molecule has 1 atom stereocenters. The third-order valence-electron chi connectivity index (χ3n) is 3.69. The summed E-state index contributed by atoms with van der Waals surface area (Å²) >= 11 is 0. The molecule has 1 aromatic carbocycles. The van der Waals surface area contributed by atoms with Crippen molar-refractivity contribution in [2.75, 3.05) is 18.0 Å². The maximum absolute atomic E-state index is 14.0. The summed E-state index contributed by atoms with van der Waals surface area (Å²) in [5, 5.41) is 3.30. The Hall–Kier alpha value is -1.09. The Labute approximate surface area is 109 Å². The SMILES string of the molecule is CCCNCc1c(F)cccc1N1CCCC1C. The van der Waals surface area contributed by atoms with Crippen LogP contribution in [0.2, 0.25) is 0 Å². The van der Waals surface area contributed by atoms with E-state index in [1.807, 2.05) is 12.1 Å². The number of nitrogens with zero attached hydrogens (tertiary/aromatic N) is 1.